The first-order valence-electron chi connectivity index (χ1n) is 5.37. The van der Waals surface area contributed by atoms with Crippen LogP contribution in [0.2, 0.25) is 0 Å². The summed E-state index contributed by atoms with van der Waals surface area (Å²) < 4.78 is 4.49. The van der Waals surface area contributed by atoms with Crippen molar-refractivity contribution in [1.82, 2.24) is 0 Å². The molecule has 0 saturated carbocycles. The van der Waals surface area contributed by atoms with Gasteiger partial charge in [0.2, 0.25) is 0 Å². The first-order valence-corrected chi connectivity index (χ1v) is 5.37. The Hall–Kier alpha value is -1.90. The van der Waals surface area contributed by atoms with E-state index < -0.39 is 5.97 Å². The van der Waals surface area contributed by atoms with Crippen molar-refractivity contribution in [2.75, 3.05) is 7.11 Å². The first kappa shape index (κ1) is 13.2. The summed E-state index contributed by atoms with van der Waals surface area (Å²) >= 11 is 0. The normalized spacial score (nSPS) is 9.76. The number of ketones is 1. The smallest absolute Gasteiger partial charge is 0.313 e. The van der Waals surface area contributed by atoms with Gasteiger partial charge in [-0.05, 0) is 18.9 Å². The monoisotopic (exact) mass is 232 g/mol. The van der Waals surface area contributed by atoms with Crippen LogP contribution in [0.5, 0.6) is 0 Å². The zero-order valence-corrected chi connectivity index (χ0v) is 10.2. The second kappa shape index (κ2) is 5.99. The minimum absolute atomic E-state index is 0.214. The van der Waals surface area contributed by atoms with E-state index in [4.69, 9.17) is 0 Å². The van der Waals surface area contributed by atoms with Crippen molar-refractivity contribution >= 4 is 11.8 Å². The van der Waals surface area contributed by atoms with E-state index in [9.17, 15) is 9.59 Å². The highest BCUT2D eigenvalue weighted by molar-refractivity contribution is 6.06. The topological polar surface area (TPSA) is 43.4 Å². The molecule has 0 saturated heterocycles. The van der Waals surface area contributed by atoms with Crippen LogP contribution in [0.3, 0.4) is 0 Å². The number of hydrogen-bond acceptors (Lipinski definition) is 3. The predicted octanol–water partition coefficient (Wildman–Crippen LogP) is 2.55. The Kier molecular flexibility index (Phi) is 4.64. The summed E-state index contributed by atoms with van der Waals surface area (Å²) in [7, 11) is 1.27. The average Bonchev–Trinajstić information content (AvgIpc) is 2.28. The Bertz CT molecular complexity index is 447. The van der Waals surface area contributed by atoms with E-state index in [1.165, 1.54) is 7.11 Å². The van der Waals surface area contributed by atoms with Crippen molar-refractivity contribution in [1.29, 1.82) is 0 Å². The first-order chi connectivity index (χ1) is 8.04. The van der Waals surface area contributed by atoms with Gasteiger partial charge in [0.15, 0.2) is 5.78 Å². The molecule has 0 fully saturated rings. The number of methoxy groups -OCH3 is 1. The Morgan fingerprint density at radius 2 is 1.94 bits per heavy atom. The largest absolute Gasteiger partial charge is 0.469 e. The predicted molar refractivity (Wildman–Crippen MR) is 65.9 cm³/mol. The maximum Gasteiger partial charge on any atom is 0.313 e. The molecule has 3 heteroatoms. The Morgan fingerprint density at radius 3 is 2.53 bits per heavy atom. The van der Waals surface area contributed by atoms with Gasteiger partial charge in [0.25, 0.3) is 0 Å². The van der Waals surface area contributed by atoms with Crippen molar-refractivity contribution in [3.63, 3.8) is 0 Å². The van der Waals surface area contributed by atoms with E-state index in [2.05, 4.69) is 11.3 Å². The molecule has 17 heavy (non-hydrogen) atoms. The molecular weight excluding hydrogens is 216 g/mol. The van der Waals surface area contributed by atoms with Gasteiger partial charge in [0.05, 0.1) is 7.11 Å². The van der Waals surface area contributed by atoms with Crippen LogP contribution >= 0.6 is 0 Å². The van der Waals surface area contributed by atoms with E-state index in [1.807, 2.05) is 19.1 Å². The van der Waals surface area contributed by atoms with Gasteiger partial charge < -0.3 is 4.74 Å². The van der Waals surface area contributed by atoms with Crippen molar-refractivity contribution in [3.8, 4) is 0 Å². The van der Waals surface area contributed by atoms with E-state index >= 15 is 0 Å². The van der Waals surface area contributed by atoms with Crippen molar-refractivity contribution in [2.45, 2.75) is 19.8 Å². The second-order valence-corrected chi connectivity index (χ2v) is 3.97. The standard InChI is InChI=1S/C14H16O3/c1-10(2)8-11-6-4-5-7-12(11)13(15)9-14(16)17-3/h4-7H,1,8-9H2,2-3H3. The van der Waals surface area contributed by atoms with Gasteiger partial charge in [0.1, 0.15) is 6.42 Å². The van der Waals surface area contributed by atoms with Crippen molar-refractivity contribution in [2.24, 2.45) is 0 Å². The molecule has 0 aliphatic rings. The van der Waals surface area contributed by atoms with E-state index in [0.29, 0.717) is 12.0 Å². The minimum atomic E-state index is -0.514. The zero-order chi connectivity index (χ0) is 12.8. The van der Waals surface area contributed by atoms with E-state index in [-0.39, 0.29) is 12.2 Å². The molecule has 1 aromatic rings. The number of benzene rings is 1. The number of carbonyl (C=O) groups excluding carboxylic acids is 2. The van der Waals surface area contributed by atoms with Gasteiger partial charge in [-0.1, -0.05) is 36.4 Å². The summed E-state index contributed by atoms with van der Waals surface area (Å²) in [5.41, 5.74) is 2.44. The third kappa shape index (κ3) is 3.87. The molecule has 0 radical (unpaired) electrons. The number of hydrogen-bond donors (Lipinski definition) is 0. The van der Waals surface area contributed by atoms with Crippen molar-refractivity contribution in [3.05, 3.63) is 47.5 Å². The number of Topliss-reactive ketones (excluding diaryl/α,β-unsaturated/α-hetero) is 1. The van der Waals surface area contributed by atoms with Gasteiger partial charge in [-0.15, -0.1) is 0 Å². The Labute approximate surface area is 101 Å². The molecule has 0 amide bonds. The van der Waals surface area contributed by atoms with Crippen molar-refractivity contribution < 1.29 is 14.3 Å². The number of allylic oxidation sites excluding steroid dienone is 1. The van der Waals surface area contributed by atoms with Gasteiger partial charge in [-0.3, -0.25) is 9.59 Å². The lowest BCUT2D eigenvalue weighted by Crippen LogP contribution is -2.11. The van der Waals surface area contributed by atoms with Crippen LogP contribution in [0.25, 0.3) is 0 Å². The summed E-state index contributed by atoms with van der Waals surface area (Å²) in [6.45, 7) is 5.73. The van der Waals surface area contributed by atoms with Gasteiger partial charge in [-0.2, -0.15) is 0 Å². The fraction of sp³-hybridized carbons (Fsp3) is 0.286. The van der Waals surface area contributed by atoms with Gasteiger partial charge in [-0.25, -0.2) is 0 Å². The Morgan fingerprint density at radius 1 is 1.29 bits per heavy atom. The molecule has 0 aliphatic carbocycles. The van der Waals surface area contributed by atoms with Crippen LogP contribution < -0.4 is 0 Å². The van der Waals surface area contributed by atoms with Crippen LogP contribution in [-0.4, -0.2) is 18.9 Å². The lowest BCUT2D eigenvalue weighted by atomic mass is 9.97. The van der Waals surface area contributed by atoms with Gasteiger partial charge >= 0.3 is 5.97 Å². The SMILES string of the molecule is C=C(C)Cc1ccccc1C(=O)CC(=O)OC. The summed E-state index contributed by atoms with van der Waals surface area (Å²) in [6, 6.07) is 7.25. The van der Waals surface area contributed by atoms with Crippen LogP contribution in [0.1, 0.15) is 29.3 Å². The summed E-state index contributed by atoms with van der Waals surface area (Å²) in [5.74, 6) is -0.728. The highest BCUT2D eigenvalue weighted by Crippen LogP contribution is 2.15. The highest BCUT2D eigenvalue weighted by Gasteiger charge is 2.15. The highest BCUT2D eigenvalue weighted by atomic mass is 16.5. The summed E-state index contributed by atoms with van der Waals surface area (Å²) in [5, 5.41) is 0. The molecule has 0 bridgehead atoms. The fourth-order valence-corrected chi connectivity index (χ4v) is 1.57. The quantitative estimate of drug-likeness (QED) is 0.339. The molecule has 90 valence electrons. The Balaban J connectivity index is 2.92. The maximum atomic E-state index is 11.9. The minimum Gasteiger partial charge on any atom is -0.469 e. The molecule has 1 rings (SSSR count). The zero-order valence-electron chi connectivity index (χ0n) is 10.2. The number of esters is 1. The van der Waals surface area contributed by atoms with E-state index in [1.54, 1.807) is 12.1 Å². The summed E-state index contributed by atoms with van der Waals surface area (Å²) in [6.07, 6.45) is 0.423. The molecule has 1 aromatic carbocycles. The summed E-state index contributed by atoms with van der Waals surface area (Å²) in [4.78, 5) is 23.0. The lowest BCUT2D eigenvalue weighted by molar-refractivity contribution is -0.139. The third-order valence-corrected chi connectivity index (χ3v) is 2.34. The third-order valence-electron chi connectivity index (χ3n) is 2.34. The molecular formula is C14H16O3. The van der Waals surface area contributed by atoms with Gasteiger partial charge in [0, 0.05) is 5.56 Å². The molecule has 0 aromatic heterocycles. The molecule has 0 unspecified atom stereocenters. The molecule has 0 N–H and O–H groups in total. The van der Waals surface area contributed by atoms with Crippen LogP contribution in [-0.2, 0) is 16.0 Å². The van der Waals surface area contributed by atoms with E-state index in [0.717, 1.165) is 11.1 Å². The number of ether oxygens (including phenoxy) is 1. The fourth-order valence-electron chi connectivity index (χ4n) is 1.57. The number of carbonyl (C=O) groups is 2. The lowest BCUT2D eigenvalue weighted by Gasteiger charge is -2.07. The average molecular weight is 232 g/mol. The molecule has 0 aliphatic heterocycles. The van der Waals surface area contributed by atoms with Crippen LogP contribution in [0, 0.1) is 0 Å². The van der Waals surface area contributed by atoms with Crippen LogP contribution in [0.15, 0.2) is 36.4 Å². The molecule has 0 heterocycles. The maximum absolute atomic E-state index is 11.9. The number of rotatable bonds is 5. The molecule has 0 spiro atoms. The second-order valence-electron chi connectivity index (χ2n) is 3.97. The molecule has 0 atom stereocenters. The van der Waals surface area contributed by atoms with Crippen LogP contribution in [0.4, 0.5) is 0 Å². The molecule has 3 nitrogen and oxygen atoms in total.